The highest BCUT2D eigenvalue weighted by Gasteiger charge is 2.28. The SMILES string of the molecule is C/C(=C(\C(=O)NCc1cccc(F)c1)c1cccc(F)c1O)N(C)CCC(F)(F)F. The Kier molecular flexibility index (Phi) is 7.42. The van der Waals surface area contributed by atoms with Gasteiger partial charge < -0.3 is 15.3 Å². The first kappa shape index (κ1) is 23.2. The molecule has 0 bridgehead atoms. The number of nitrogens with one attached hydrogen (secondary N) is 1. The summed E-state index contributed by atoms with van der Waals surface area (Å²) in [6.07, 6.45) is -5.51. The molecule has 0 heterocycles. The summed E-state index contributed by atoms with van der Waals surface area (Å²) in [6, 6.07) is 9.04. The van der Waals surface area contributed by atoms with Gasteiger partial charge in [0.25, 0.3) is 5.91 Å². The van der Waals surface area contributed by atoms with Crippen molar-refractivity contribution < 1.29 is 31.9 Å². The Bertz CT molecular complexity index is 941. The van der Waals surface area contributed by atoms with E-state index in [1.807, 2.05) is 0 Å². The summed E-state index contributed by atoms with van der Waals surface area (Å²) < 4.78 is 64.9. The lowest BCUT2D eigenvalue weighted by Gasteiger charge is -2.24. The van der Waals surface area contributed by atoms with Crippen molar-refractivity contribution in [3.63, 3.8) is 0 Å². The number of hydrogen-bond acceptors (Lipinski definition) is 3. The van der Waals surface area contributed by atoms with E-state index in [2.05, 4.69) is 5.32 Å². The Morgan fingerprint density at radius 2 is 1.80 bits per heavy atom. The molecule has 4 nitrogen and oxygen atoms in total. The highest BCUT2D eigenvalue weighted by Crippen LogP contribution is 2.31. The number of carbonyl (C=O) groups is 1. The Morgan fingerprint density at radius 3 is 2.43 bits per heavy atom. The van der Waals surface area contributed by atoms with E-state index in [4.69, 9.17) is 0 Å². The molecule has 0 saturated carbocycles. The fourth-order valence-electron chi connectivity index (χ4n) is 2.77. The van der Waals surface area contributed by atoms with Crippen LogP contribution in [0.2, 0.25) is 0 Å². The molecule has 0 unspecified atom stereocenters. The predicted molar refractivity (Wildman–Crippen MR) is 102 cm³/mol. The minimum Gasteiger partial charge on any atom is -0.504 e. The summed E-state index contributed by atoms with van der Waals surface area (Å²) in [6.45, 7) is 0.889. The zero-order chi connectivity index (χ0) is 22.5. The zero-order valence-electron chi connectivity index (χ0n) is 16.4. The number of phenolic OH excluding ortho intramolecular Hbond substituents is 1. The molecular formula is C21H21F5N2O2. The van der Waals surface area contributed by atoms with E-state index in [9.17, 15) is 31.9 Å². The van der Waals surface area contributed by atoms with E-state index < -0.39 is 42.4 Å². The van der Waals surface area contributed by atoms with Crippen LogP contribution in [0.25, 0.3) is 5.57 Å². The van der Waals surface area contributed by atoms with Crippen LogP contribution in [0.4, 0.5) is 22.0 Å². The largest absolute Gasteiger partial charge is 0.504 e. The van der Waals surface area contributed by atoms with E-state index in [0.29, 0.717) is 5.56 Å². The molecule has 0 aliphatic carbocycles. The maximum atomic E-state index is 13.9. The van der Waals surface area contributed by atoms with Crippen molar-refractivity contribution in [2.75, 3.05) is 13.6 Å². The van der Waals surface area contributed by atoms with Gasteiger partial charge in [-0.15, -0.1) is 0 Å². The Morgan fingerprint density at radius 1 is 1.13 bits per heavy atom. The van der Waals surface area contributed by atoms with Gasteiger partial charge in [0.05, 0.1) is 12.0 Å². The lowest BCUT2D eigenvalue weighted by Crippen LogP contribution is -2.29. The molecule has 2 N–H and O–H groups in total. The molecule has 9 heteroatoms. The van der Waals surface area contributed by atoms with Crippen LogP contribution in [-0.4, -0.2) is 35.7 Å². The van der Waals surface area contributed by atoms with Crippen LogP contribution in [0.5, 0.6) is 5.75 Å². The first-order chi connectivity index (χ1) is 14.0. The molecule has 0 aliphatic rings. The molecule has 0 saturated heterocycles. The van der Waals surface area contributed by atoms with Gasteiger partial charge in [-0.2, -0.15) is 13.2 Å². The number of nitrogens with zero attached hydrogens (tertiary/aromatic N) is 1. The van der Waals surface area contributed by atoms with Crippen LogP contribution < -0.4 is 5.32 Å². The minimum atomic E-state index is -4.39. The smallest absolute Gasteiger partial charge is 0.390 e. The number of aromatic hydroxyl groups is 1. The highest BCUT2D eigenvalue weighted by molar-refractivity contribution is 6.21. The van der Waals surface area contributed by atoms with Gasteiger partial charge in [-0.1, -0.05) is 24.3 Å². The summed E-state index contributed by atoms with van der Waals surface area (Å²) in [5.74, 6) is -3.02. The molecule has 30 heavy (non-hydrogen) atoms. The van der Waals surface area contributed by atoms with Gasteiger partial charge in [-0.05, 0) is 30.7 Å². The molecule has 2 aromatic rings. The first-order valence-corrected chi connectivity index (χ1v) is 8.99. The van der Waals surface area contributed by atoms with Crippen LogP contribution in [-0.2, 0) is 11.3 Å². The van der Waals surface area contributed by atoms with E-state index in [1.54, 1.807) is 6.07 Å². The third kappa shape index (κ3) is 6.20. The number of hydrogen-bond donors (Lipinski definition) is 2. The van der Waals surface area contributed by atoms with Crippen molar-refractivity contribution in [3.8, 4) is 5.75 Å². The van der Waals surface area contributed by atoms with Crippen molar-refractivity contribution in [3.05, 3.63) is 70.9 Å². The van der Waals surface area contributed by atoms with E-state index >= 15 is 0 Å². The molecule has 162 valence electrons. The number of carbonyl (C=O) groups excluding carboxylic acids is 1. The monoisotopic (exact) mass is 428 g/mol. The second kappa shape index (κ2) is 9.60. The van der Waals surface area contributed by atoms with Gasteiger partial charge >= 0.3 is 6.18 Å². The second-order valence-corrected chi connectivity index (χ2v) is 6.70. The van der Waals surface area contributed by atoms with Gasteiger partial charge in [-0.3, -0.25) is 4.79 Å². The summed E-state index contributed by atoms with van der Waals surface area (Å²) in [5, 5.41) is 12.6. The van der Waals surface area contributed by atoms with Gasteiger partial charge in [-0.25, -0.2) is 8.78 Å². The molecule has 0 radical (unpaired) electrons. The third-order valence-corrected chi connectivity index (χ3v) is 4.49. The number of amides is 1. The molecule has 0 spiro atoms. The van der Waals surface area contributed by atoms with Gasteiger partial charge in [0.1, 0.15) is 5.82 Å². The fourth-order valence-corrected chi connectivity index (χ4v) is 2.77. The molecular weight excluding hydrogens is 407 g/mol. The number of allylic oxidation sites excluding steroid dienone is 1. The van der Waals surface area contributed by atoms with Crippen molar-refractivity contribution >= 4 is 11.5 Å². The maximum Gasteiger partial charge on any atom is 0.390 e. The lowest BCUT2D eigenvalue weighted by molar-refractivity contribution is -0.136. The van der Waals surface area contributed by atoms with E-state index in [0.717, 1.165) is 6.07 Å². The van der Waals surface area contributed by atoms with Crippen LogP contribution in [0.3, 0.4) is 0 Å². The lowest BCUT2D eigenvalue weighted by atomic mass is 10.0. The van der Waals surface area contributed by atoms with E-state index in [1.165, 1.54) is 49.2 Å². The number of halogens is 5. The molecule has 0 aliphatic heterocycles. The number of rotatable bonds is 7. The summed E-state index contributed by atoms with van der Waals surface area (Å²) in [4.78, 5) is 14.1. The summed E-state index contributed by atoms with van der Waals surface area (Å²) >= 11 is 0. The van der Waals surface area contributed by atoms with Crippen molar-refractivity contribution in [2.24, 2.45) is 0 Å². The average molecular weight is 428 g/mol. The quantitative estimate of drug-likeness (QED) is 0.501. The Balaban J connectivity index is 2.37. The number of phenols is 1. The average Bonchev–Trinajstić information content (AvgIpc) is 2.67. The van der Waals surface area contributed by atoms with Crippen LogP contribution >= 0.6 is 0 Å². The van der Waals surface area contributed by atoms with Gasteiger partial charge in [0.2, 0.25) is 0 Å². The van der Waals surface area contributed by atoms with Crippen molar-refractivity contribution in [2.45, 2.75) is 26.1 Å². The first-order valence-electron chi connectivity index (χ1n) is 8.99. The molecule has 2 rings (SSSR count). The fraction of sp³-hybridized carbons (Fsp3) is 0.286. The molecule has 0 fully saturated rings. The third-order valence-electron chi connectivity index (χ3n) is 4.49. The standard InChI is InChI=1S/C21H21F5N2O2/c1-13(28(2)10-9-21(24,25)26)18(16-7-4-8-17(23)19(16)29)20(30)27-12-14-5-3-6-15(22)11-14/h3-8,11,29H,9-10,12H2,1-2H3,(H,27,30)/b18-13+. The number of alkyl halides is 3. The van der Waals surface area contributed by atoms with Crippen molar-refractivity contribution in [1.29, 1.82) is 0 Å². The van der Waals surface area contributed by atoms with Crippen LogP contribution in [0.1, 0.15) is 24.5 Å². The molecule has 0 aromatic heterocycles. The summed E-state index contributed by atoms with van der Waals surface area (Å²) in [5.41, 5.74) is 0.210. The minimum absolute atomic E-state index is 0.0737. The van der Waals surface area contributed by atoms with Crippen molar-refractivity contribution in [1.82, 2.24) is 10.2 Å². The number of benzene rings is 2. The van der Waals surface area contributed by atoms with Gasteiger partial charge in [0.15, 0.2) is 11.6 Å². The zero-order valence-corrected chi connectivity index (χ0v) is 16.4. The van der Waals surface area contributed by atoms with E-state index in [-0.39, 0.29) is 23.4 Å². The normalized spacial score (nSPS) is 12.4. The molecule has 2 aromatic carbocycles. The topological polar surface area (TPSA) is 52.6 Å². The summed E-state index contributed by atoms with van der Waals surface area (Å²) in [7, 11) is 1.36. The second-order valence-electron chi connectivity index (χ2n) is 6.70. The Hall–Kier alpha value is -3.10. The highest BCUT2D eigenvalue weighted by atomic mass is 19.4. The molecule has 1 amide bonds. The van der Waals surface area contributed by atoms with Crippen LogP contribution in [0.15, 0.2) is 48.2 Å². The predicted octanol–water partition coefficient (Wildman–Crippen LogP) is 4.60. The maximum absolute atomic E-state index is 13.9. The van der Waals surface area contributed by atoms with Crippen LogP contribution in [0, 0.1) is 11.6 Å². The molecule has 0 atom stereocenters. The Labute approximate surface area is 170 Å². The number of para-hydroxylation sites is 1. The van der Waals surface area contributed by atoms with Gasteiger partial charge in [0, 0.05) is 31.4 Å².